The third-order valence-corrected chi connectivity index (χ3v) is 1.99. The minimum absolute atomic E-state index is 0.555. The van der Waals surface area contributed by atoms with E-state index in [2.05, 4.69) is 15.8 Å². The fourth-order valence-electron chi connectivity index (χ4n) is 0.941. The zero-order valence-corrected chi connectivity index (χ0v) is 9.34. The number of hydrogen-bond donors (Lipinski definition) is 3. The molecule has 4 heteroatoms. The Morgan fingerprint density at radius 2 is 2.07 bits per heavy atom. The molecule has 1 aromatic rings. The maximum Gasteiger partial charge on any atom is 0.223 e. The zero-order valence-electron chi connectivity index (χ0n) is 8.53. The molecule has 0 saturated heterocycles. The number of benzene rings is 1. The molecular formula is C11H14N3S+. The number of allylic oxidation sites excluding steroid dienone is 1. The van der Waals surface area contributed by atoms with Crippen molar-refractivity contribution in [1.29, 1.82) is 0 Å². The highest BCUT2D eigenvalue weighted by atomic mass is 32.1. The van der Waals surface area contributed by atoms with Gasteiger partial charge >= 0.3 is 0 Å². The molecule has 0 spiro atoms. The molecule has 0 aromatic heterocycles. The molecule has 0 amide bonds. The monoisotopic (exact) mass is 220 g/mol. The van der Waals surface area contributed by atoms with Crippen LogP contribution in [0.1, 0.15) is 5.56 Å². The van der Waals surface area contributed by atoms with Crippen LogP contribution in [0.5, 0.6) is 0 Å². The number of rotatable bonds is 3. The predicted molar refractivity (Wildman–Crippen MR) is 67.3 cm³/mol. The van der Waals surface area contributed by atoms with Gasteiger partial charge in [0.25, 0.3) is 0 Å². The van der Waals surface area contributed by atoms with Crippen LogP contribution in [0.25, 0.3) is 6.08 Å². The molecule has 1 aromatic carbocycles. The van der Waals surface area contributed by atoms with Crippen molar-refractivity contribution in [3.63, 3.8) is 0 Å². The second-order valence-corrected chi connectivity index (χ2v) is 3.19. The Kier molecular flexibility index (Phi) is 5.11. The third-order valence-electron chi connectivity index (χ3n) is 1.68. The summed E-state index contributed by atoms with van der Waals surface area (Å²) in [5, 5.41) is 6.18. The first-order valence-corrected chi connectivity index (χ1v) is 5.02. The summed E-state index contributed by atoms with van der Waals surface area (Å²) < 4.78 is 0. The third kappa shape index (κ3) is 4.93. The molecule has 0 saturated carbocycles. The number of nitrogens with one attached hydrogen (secondary N) is 3. The van der Waals surface area contributed by atoms with Crippen molar-refractivity contribution in [3.8, 4) is 0 Å². The first-order valence-electron chi connectivity index (χ1n) is 4.61. The fourth-order valence-corrected chi connectivity index (χ4v) is 1.00. The molecule has 0 heterocycles. The molecule has 3 nitrogen and oxygen atoms in total. The average molecular weight is 220 g/mol. The summed E-state index contributed by atoms with van der Waals surface area (Å²) in [7, 11) is 1.76. The largest absolute Gasteiger partial charge is 0.361 e. The van der Waals surface area contributed by atoms with Crippen LogP contribution in [0.15, 0.2) is 36.4 Å². The molecule has 0 aliphatic heterocycles. The van der Waals surface area contributed by atoms with Gasteiger partial charge in [-0.05, 0) is 23.9 Å². The first-order chi connectivity index (χ1) is 7.33. The maximum atomic E-state index is 4.87. The van der Waals surface area contributed by atoms with Crippen LogP contribution in [0, 0.1) is 0 Å². The van der Waals surface area contributed by atoms with Crippen LogP contribution >= 0.6 is 12.2 Å². The predicted octanol–water partition coefficient (Wildman–Crippen LogP) is -0.140. The van der Waals surface area contributed by atoms with Crippen molar-refractivity contribution in [2.45, 2.75) is 0 Å². The van der Waals surface area contributed by atoms with Crippen molar-refractivity contribution in [3.05, 3.63) is 42.0 Å². The highest BCUT2D eigenvalue weighted by Gasteiger charge is 1.87. The minimum Gasteiger partial charge on any atom is -0.361 e. The number of hydrogen-bond acceptors (Lipinski definition) is 1. The molecule has 0 fully saturated rings. The maximum absolute atomic E-state index is 4.87. The van der Waals surface area contributed by atoms with Gasteiger partial charge in [-0.3, -0.25) is 0 Å². The molecule has 0 atom stereocenters. The smallest absolute Gasteiger partial charge is 0.223 e. The number of thiocarbonyl (C=S) groups is 1. The number of hydrazone groups is 1. The summed E-state index contributed by atoms with van der Waals surface area (Å²) >= 11 is 4.87. The van der Waals surface area contributed by atoms with E-state index in [9.17, 15) is 0 Å². The molecule has 78 valence electrons. The Hall–Kier alpha value is -1.68. The van der Waals surface area contributed by atoms with Crippen LogP contribution in [-0.4, -0.2) is 18.4 Å². The Bertz CT molecular complexity index is 357. The van der Waals surface area contributed by atoms with Gasteiger partial charge in [0, 0.05) is 13.1 Å². The van der Waals surface area contributed by atoms with Crippen molar-refractivity contribution < 1.29 is 5.10 Å². The minimum atomic E-state index is 0.555. The topological polar surface area (TPSA) is 38.0 Å². The van der Waals surface area contributed by atoms with Gasteiger partial charge in [-0.2, -0.15) is 0 Å². The quantitative estimate of drug-likeness (QED) is 0.377. The summed E-state index contributed by atoms with van der Waals surface area (Å²) in [4.78, 5) is 0. The normalized spacial score (nSPS) is 10.7. The summed E-state index contributed by atoms with van der Waals surface area (Å²) in [5.74, 6) is 0. The second kappa shape index (κ2) is 6.73. The lowest BCUT2D eigenvalue weighted by Crippen LogP contribution is -2.82. The highest BCUT2D eigenvalue weighted by molar-refractivity contribution is 7.80. The van der Waals surface area contributed by atoms with E-state index in [1.54, 1.807) is 13.3 Å². The molecule has 0 bridgehead atoms. The van der Waals surface area contributed by atoms with Gasteiger partial charge in [0.15, 0.2) is 6.21 Å². The first kappa shape index (κ1) is 11.4. The van der Waals surface area contributed by atoms with E-state index in [-0.39, 0.29) is 0 Å². The van der Waals surface area contributed by atoms with Crippen molar-refractivity contribution >= 4 is 29.6 Å². The van der Waals surface area contributed by atoms with Crippen LogP contribution in [0.3, 0.4) is 0 Å². The lowest BCUT2D eigenvalue weighted by atomic mass is 10.2. The molecule has 0 aliphatic rings. The van der Waals surface area contributed by atoms with Gasteiger partial charge in [-0.15, -0.1) is 10.5 Å². The zero-order chi connectivity index (χ0) is 10.9. The summed E-state index contributed by atoms with van der Waals surface area (Å²) in [6, 6.07) is 10.1. The van der Waals surface area contributed by atoms with E-state index >= 15 is 0 Å². The van der Waals surface area contributed by atoms with E-state index < -0.39 is 0 Å². The van der Waals surface area contributed by atoms with Crippen LogP contribution in [0.2, 0.25) is 0 Å². The average Bonchev–Trinajstić information content (AvgIpc) is 2.29. The van der Waals surface area contributed by atoms with E-state index in [1.165, 1.54) is 0 Å². The Morgan fingerprint density at radius 3 is 2.73 bits per heavy atom. The molecule has 3 N–H and O–H groups in total. The van der Waals surface area contributed by atoms with Gasteiger partial charge in [0.2, 0.25) is 5.11 Å². The number of hydrazine groups is 1. The van der Waals surface area contributed by atoms with Gasteiger partial charge < -0.3 is 5.32 Å². The van der Waals surface area contributed by atoms with Crippen molar-refractivity contribution in [1.82, 2.24) is 10.7 Å². The summed E-state index contributed by atoms with van der Waals surface area (Å²) in [6.45, 7) is 0. The SMILES string of the molecule is CNC(=S)N[NH+]=CC=Cc1ccccc1. The van der Waals surface area contributed by atoms with Crippen molar-refractivity contribution in [2.75, 3.05) is 7.05 Å². The van der Waals surface area contributed by atoms with Crippen LogP contribution in [-0.2, 0) is 0 Å². The standard InChI is InChI=1S/C11H13N3S/c1-12-11(15)14-13-9-5-8-10-6-3-2-4-7-10/h2-9H,1H3,(H2,12,14,15)/p+1. The van der Waals surface area contributed by atoms with Crippen LogP contribution < -0.4 is 15.8 Å². The van der Waals surface area contributed by atoms with E-state index in [0.29, 0.717) is 5.11 Å². The molecular weight excluding hydrogens is 206 g/mol. The van der Waals surface area contributed by atoms with E-state index in [1.807, 2.05) is 42.5 Å². The van der Waals surface area contributed by atoms with Gasteiger partial charge in [0.1, 0.15) is 0 Å². The van der Waals surface area contributed by atoms with Gasteiger partial charge in [-0.1, -0.05) is 30.3 Å². The van der Waals surface area contributed by atoms with Gasteiger partial charge in [0.05, 0.1) is 0 Å². The fraction of sp³-hybridized carbons (Fsp3) is 0.0909. The van der Waals surface area contributed by atoms with Crippen molar-refractivity contribution in [2.24, 2.45) is 0 Å². The Balaban J connectivity index is 2.37. The summed E-state index contributed by atoms with van der Waals surface area (Å²) in [5.41, 5.74) is 3.94. The van der Waals surface area contributed by atoms with Crippen LogP contribution in [0.4, 0.5) is 0 Å². The molecule has 0 unspecified atom stereocenters. The molecule has 0 aliphatic carbocycles. The van der Waals surface area contributed by atoms with Gasteiger partial charge in [-0.25, -0.2) is 0 Å². The Morgan fingerprint density at radius 1 is 1.33 bits per heavy atom. The van der Waals surface area contributed by atoms with E-state index in [4.69, 9.17) is 12.2 Å². The van der Waals surface area contributed by atoms with E-state index in [0.717, 1.165) is 5.56 Å². The molecule has 1 rings (SSSR count). The molecule has 0 radical (unpaired) electrons. The molecule has 15 heavy (non-hydrogen) atoms. The lowest BCUT2D eigenvalue weighted by molar-refractivity contribution is -0.499. The lowest BCUT2D eigenvalue weighted by Gasteiger charge is -1.92. The Labute approximate surface area is 94.9 Å². The summed E-state index contributed by atoms with van der Waals surface area (Å²) in [6.07, 6.45) is 5.67. The highest BCUT2D eigenvalue weighted by Crippen LogP contribution is 1.99. The second-order valence-electron chi connectivity index (χ2n) is 2.78.